The highest BCUT2D eigenvalue weighted by Gasteiger charge is 2.18. The molecule has 2 rings (SSSR count). The SMILES string of the molecule is CCOC(=O)/C(=C\NS(=O)(=O)c1ccc(C)cc1)c1cc(OC)cc(OC)c1. The number of methoxy groups -OCH3 is 2. The molecule has 0 bridgehead atoms. The van der Waals surface area contributed by atoms with Crippen LogP contribution >= 0.6 is 0 Å². The van der Waals surface area contributed by atoms with Crippen LogP contribution in [0.15, 0.2) is 53.6 Å². The van der Waals surface area contributed by atoms with Crippen LogP contribution in [0.5, 0.6) is 11.5 Å². The van der Waals surface area contributed by atoms with E-state index in [9.17, 15) is 13.2 Å². The molecule has 0 saturated heterocycles. The van der Waals surface area contributed by atoms with Crippen molar-refractivity contribution in [2.45, 2.75) is 18.7 Å². The van der Waals surface area contributed by atoms with E-state index < -0.39 is 16.0 Å². The van der Waals surface area contributed by atoms with Gasteiger partial charge < -0.3 is 14.2 Å². The van der Waals surface area contributed by atoms with E-state index in [0.29, 0.717) is 17.1 Å². The van der Waals surface area contributed by atoms with E-state index >= 15 is 0 Å². The minimum absolute atomic E-state index is 0.0229. The fraction of sp³-hybridized carbons (Fsp3) is 0.250. The van der Waals surface area contributed by atoms with Crippen molar-refractivity contribution in [1.29, 1.82) is 0 Å². The first kappa shape index (κ1) is 21.3. The lowest BCUT2D eigenvalue weighted by Gasteiger charge is -2.12. The maximum absolute atomic E-state index is 12.5. The third-order valence-corrected chi connectivity index (χ3v) is 5.17. The zero-order chi connectivity index (χ0) is 20.7. The zero-order valence-electron chi connectivity index (χ0n) is 16.2. The molecule has 8 heteroatoms. The molecule has 7 nitrogen and oxygen atoms in total. The first-order valence-electron chi connectivity index (χ1n) is 8.50. The highest BCUT2D eigenvalue weighted by molar-refractivity contribution is 7.89. The monoisotopic (exact) mass is 405 g/mol. The van der Waals surface area contributed by atoms with E-state index in [0.717, 1.165) is 11.8 Å². The van der Waals surface area contributed by atoms with Gasteiger partial charge in [0.1, 0.15) is 11.5 Å². The lowest BCUT2D eigenvalue weighted by molar-refractivity contribution is -0.136. The molecule has 2 aromatic carbocycles. The molecular formula is C20H23NO6S. The predicted molar refractivity (Wildman–Crippen MR) is 106 cm³/mol. The molecule has 0 spiro atoms. The van der Waals surface area contributed by atoms with Crippen LogP contribution in [0.2, 0.25) is 0 Å². The Morgan fingerprint density at radius 2 is 1.61 bits per heavy atom. The first-order chi connectivity index (χ1) is 13.3. The standard InChI is InChI=1S/C20H23NO6S/c1-5-27-20(22)19(15-10-16(25-3)12-17(11-15)26-4)13-21-28(23,24)18-8-6-14(2)7-9-18/h6-13,21H,5H2,1-4H3/b19-13-. The van der Waals surface area contributed by atoms with Gasteiger partial charge in [0.25, 0.3) is 10.0 Å². The minimum Gasteiger partial charge on any atom is -0.497 e. The summed E-state index contributed by atoms with van der Waals surface area (Å²) >= 11 is 0. The van der Waals surface area contributed by atoms with Gasteiger partial charge in [0.15, 0.2) is 0 Å². The van der Waals surface area contributed by atoms with E-state index in [1.54, 1.807) is 37.3 Å². The van der Waals surface area contributed by atoms with Gasteiger partial charge in [-0.3, -0.25) is 4.72 Å². The van der Waals surface area contributed by atoms with Crippen molar-refractivity contribution in [3.8, 4) is 11.5 Å². The van der Waals surface area contributed by atoms with E-state index in [1.807, 2.05) is 6.92 Å². The van der Waals surface area contributed by atoms with Crippen molar-refractivity contribution >= 4 is 21.6 Å². The van der Waals surface area contributed by atoms with Crippen LogP contribution < -0.4 is 14.2 Å². The van der Waals surface area contributed by atoms with Crippen molar-refractivity contribution in [2.75, 3.05) is 20.8 Å². The number of ether oxygens (including phenoxy) is 3. The Hall–Kier alpha value is -3.00. The lowest BCUT2D eigenvalue weighted by atomic mass is 10.1. The molecule has 28 heavy (non-hydrogen) atoms. The Kier molecular flexibility index (Phi) is 7.06. The van der Waals surface area contributed by atoms with Gasteiger partial charge in [0, 0.05) is 12.3 Å². The number of esters is 1. The van der Waals surface area contributed by atoms with E-state index in [-0.39, 0.29) is 17.1 Å². The molecule has 2 aromatic rings. The van der Waals surface area contributed by atoms with Crippen molar-refractivity contribution in [3.63, 3.8) is 0 Å². The van der Waals surface area contributed by atoms with Crippen molar-refractivity contribution in [2.24, 2.45) is 0 Å². The molecule has 0 saturated carbocycles. The quantitative estimate of drug-likeness (QED) is 0.536. The minimum atomic E-state index is -3.86. The Morgan fingerprint density at radius 3 is 2.11 bits per heavy atom. The van der Waals surface area contributed by atoms with Crippen LogP contribution in [0.1, 0.15) is 18.1 Å². The summed E-state index contributed by atoms with van der Waals surface area (Å²) in [5.74, 6) is 0.223. The lowest BCUT2D eigenvalue weighted by Crippen LogP contribution is -2.20. The average molecular weight is 405 g/mol. The fourth-order valence-corrected chi connectivity index (χ4v) is 3.26. The van der Waals surface area contributed by atoms with Crippen LogP contribution in [0.25, 0.3) is 5.57 Å². The third kappa shape index (κ3) is 5.26. The second-order valence-corrected chi connectivity index (χ2v) is 7.53. The zero-order valence-corrected chi connectivity index (χ0v) is 17.0. The van der Waals surface area contributed by atoms with Crippen LogP contribution in [0.3, 0.4) is 0 Å². The predicted octanol–water partition coefficient (Wildman–Crippen LogP) is 2.89. The third-order valence-electron chi connectivity index (χ3n) is 3.85. The summed E-state index contributed by atoms with van der Waals surface area (Å²) in [7, 11) is -0.899. The van der Waals surface area contributed by atoms with E-state index in [4.69, 9.17) is 14.2 Å². The molecule has 0 aromatic heterocycles. The van der Waals surface area contributed by atoms with E-state index in [2.05, 4.69) is 4.72 Å². The van der Waals surface area contributed by atoms with Gasteiger partial charge in [-0.1, -0.05) is 17.7 Å². The summed E-state index contributed by atoms with van der Waals surface area (Å²) in [6, 6.07) is 11.2. The average Bonchev–Trinajstić information content (AvgIpc) is 2.68. The topological polar surface area (TPSA) is 90.9 Å². The normalized spacial score (nSPS) is 11.6. The van der Waals surface area contributed by atoms with Crippen LogP contribution in [-0.2, 0) is 19.6 Å². The maximum atomic E-state index is 12.5. The number of carbonyl (C=O) groups excluding carboxylic acids is 1. The molecule has 0 aliphatic heterocycles. The molecule has 0 radical (unpaired) electrons. The number of benzene rings is 2. The second-order valence-electron chi connectivity index (χ2n) is 5.81. The second kappa shape index (κ2) is 9.27. The van der Waals surface area contributed by atoms with Crippen LogP contribution in [0.4, 0.5) is 0 Å². The summed E-state index contributed by atoms with van der Waals surface area (Å²) in [5, 5.41) is 0. The summed E-state index contributed by atoms with van der Waals surface area (Å²) in [6.45, 7) is 3.67. The Labute approximate surface area is 165 Å². The van der Waals surface area contributed by atoms with Gasteiger partial charge in [-0.2, -0.15) is 0 Å². The van der Waals surface area contributed by atoms with Crippen LogP contribution in [0, 0.1) is 6.92 Å². The molecule has 150 valence electrons. The van der Waals surface area contributed by atoms with Gasteiger partial charge in [0.2, 0.25) is 0 Å². The van der Waals surface area contributed by atoms with Gasteiger partial charge in [-0.25, -0.2) is 13.2 Å². The number of hydrogen-bond acceptors (Lipinski definition) is 6. The fourth-order valence-electron chi connectivity index (χ4n) is 2.35. The summed E-state index contributed by atoms with van der Waals surface area (Å²) in [4.78, 5) is 12.5. The van der Waals surface area contributed by atoms with Crippen molar-refractivity contribution in [3.05, 3.63) is 59.8 Å². The summed E-state index contributed by atoms with van der Waals surface area (Å²) < 4.78 is 42.9. The molecule has 0 aliphatic rings. The largest absolute Gasteiger partial charge is 0.497 e. The summed E-state index contributed by atoms with van der Waals surface area (Å²) in [6.07, 6.45) is 1.11. The summed E-state index contributed by atoms with van der Waals surface area (Å²) in [5.41, 5.74) is 1.35. The molecule has 1 N–H and O–H groups in total. The Morgan fingerprint density at radius 1 is 1.04 bits per heavy atom. The Bertz CT molecular complexity index is 942. The number of hydrogen-bond donors (Lipinski definition) is 1. The maximum Gasteiger partial charge on any atom is 0.340 e. The smallest absolute Gasteiger partial charge is 0.340 e. The van der Waals surface area contributed by atoms with E-state index in [1.165, 1.54) is 26.4 Å². The molecule has 0 atom stereocenters. The van der Waals surface area contributed by atoms with Crippen molar-refractivity contribution < 1.29 is 27.4 Å². The first-order valence-corrected chi connectivity index (χ1v) is 9.98. The molecule has 0 amide bonds. The number of aryl methyl sites for hydroxylation is 1. The molecule has 0 heterocycles. The molecule has 0 aliphatic carbocycles. The van der Waals surface area contributed by atoms with Crippen molar-refractivity contribution in [1.82, 2.24) is 4.72 Å². The molecular weight excluding hydrogens is 382 g/mol. The molecule has 0 unspecified atom stereocenters. The number of nitrogens with one attached hydrogen (secondary N) is 1. The van der Waals surface area contributed by atoms with Crippen LogP contribution in [-0.4, -0.2) is 35.2 Å². The van der Waals surface area contributed by atoms with Gasteiger partial charge in [-0.15, -0.1) is 0 Å². The highest BCUT2D eigenvalue weighted by atomic mass is 32.2. The number of carbonyl (C=O) groups is 1. The van der Waals surface area contributed by atoms with Gasteiger partial charge in [-0.05, 0) is 43.7 Å². The number of rotatable bonds is 8. The molecule has 0 fully saturated rings. The van der Waals surface area contributed by atoms with Gasteiger partial charge in [0.05, 0.1) is 31.3 Å². The van der Waals surface area contributed by atoms with Gasteiger partial charge >= 0.3 is 5.97 Å². The number of sulfonamides is 1. The highest BCUT2D eigenvalue weighted by Crippen LogP contribution is 2.27. The Balaban J connectivity index is 2.46.